The summed E-state index contributed by atoms with van der Waals surface area (Å²) in [6.45, 7) is 1.39. The van der Waals surface area contributed by atoms with Gasteiger partial charge in [0.2, 0.25) is 5.91 Å². The van der Waals surface area contributed by atoms with Crippen molar-refractivity contribution in [2.45, 2.75) is 12.7 Å². The fraction of sp³-hybridized carbons (Fsp3) is 0.400. The lowest BCUT2D eigenvalue weighted by atomic mass is 10.3. The van der Waals surface area contributed by atoms with Crippen molar-refractivity contribution in [3.63, 3.8) is 0 Å². The quantitative estimate of drug-likeness (QED) is 0.780. The zero-order chi connectivity index (χ0) is 18.7. The third kappa shape index (κ3) is 3.98. The monoisotopic (exact) mass is 368 g/mol. The van der Waals surface area contributed by atoms with Crippen LogP contribution >= 0.6 is 0 Å². The van der Waals surface area contributed by atoms with E-state index in [1.807, 2.05) is 0 Å². The van der Waals surface area contributed by atoms with Gasteiger partial charge in [-0.25, -0.2) is 4.68 Å². The number of aromatic nitrogens is 4. The van der Waals surface area contributed by atoms with E-state index >= 15 is 0 Å². The van der Waals surface area contributed by atoms with E-state index in [2.05, 4.69) is 15.3 Å². The van der Waals surface area contributed by atoms with E-state index in [0.717, 1.165) is 10.7 Å². The molecule has 3 rings (SSSR count). The maximum Gasteiger partial charge on any atom is 0.435 e. The number of hydrogen-bond donors (Lipinski definition) is 0. The summed E-state index contributed by atoms with van der Waals surface area (Å²) in [5.74, 6) is 0.0787. The van der Waals surface area contributed by atoms with Gasteiger partial charge in [0.15, 0.2) is 11.5 Å². The number of carbonyl (C=O) groups excluding carboxylic acids is 1. The highest BCUT2D eigenvalue weighted by Gasteiger charge is 2.33. The average molecular weight is 368 g/mol. The molecule has 0 radical (unpaired) electrons. The summed E-state index contributed by atoms with van der Waals surface area (Å²) in [6, 6.07) is 4.96. The molecule has 0 atom stereocenters. The molecule has 26 heavy (non-hydrogen) atoms. The van der Waals surface area contributed by atoms with Crippen LogP contribution in [0.4, 0.5) is 19.0 Å². The summed E-state index contributed by atoms with van der Waals surface area (Å²) in [4.78, 5) is 27.2. The lowest BCUT2D eigenvalue weighted by molar-refractivity contribution is -0.141. The molecule has 11 heteroatoms. The molecular weight excluding hydrogens is 353 g/mol. The number of amides is 1. The third-order valence-electron chi connectivity index (χ3n) is 3.97. The molecule has 0 bridgehead atoms. The predicted octanol–water partition coefficient (Wildman–Crippen LogP) is 0.401. The molecule has 0 saturated carbocycles. The highest BCUT2D eigenvalue weighted by molar-refractivity contribution is 5.76. The number of anilines is 1. The van der Waals surface area contributed by atoms with Crippen LogP contribution in [0.5, 0.6) is 0 Å². The fourth-order valence-corrected chi connectivity index (χ4v) is 2.56. The number of carbonyl (C=O) groups is 1. The zero-order valence-corrected chi connectivity index (χ0v) is 13.6. The van der Waals surface area contributed by atoms with Crippen LogP contribution in [0.3, 0.4) is 0 Å². The van der Waals surface area contributed by atoms with Crippen molar-refractivity contribution in [3.05, 3.63) is 46.5 Å². The van der Waals surface area contributed by atoms with Crippen molar-refractivity contribution in [1.29, 1.82) is 0 Å². The molecule has 0 aliphatic carbocycles. The summed E-state index contributed by atoms with van der Waals surface area (Å²) in [7, 11) is 0. The van der Waals surface area contributed by atoms with Gasteiger partial charge in [-0.2, -0.15) is 18.3 Å². The molecule has 138 valence electrons. The molecule has 3 heterocycles. The summed E-state index contributed by atoms with van der Waals surface area (Å²) in [5.41, 5.74) is -1.41. The minimum Gasteiger partial charge on any atom is -0.352 e. The predicted molar refractivity (Wildman–Crippen MR) is 84.3 cm³/mol. The first-order valence-electron chi connectivity index (χ1n) is 7.80. The first-order valence-corrected chi connectivity index (χ1v) is 7.80. The second-order valence-electron chi connectivity index (χ2n) is 5.66. The Morgan fingerprint density at radius 2 is 1.81 bits per heavy atom. The van der Waals surface area contributed by atoms with Crippen LogP contribution in [-0.4, -0.2) is 57.0 Å². The van der Waals surface area contributed by atoms with Crippen LogP contribution in [0, 0.1) is 0 Å². The van der Waals surface area contributed by atoms with Crippen LogP contribution in [0.25, 0.3) is 0 Å². The number of nitrogens with zero attached hydrogens (tertiary/aromatic N) is 6. The van der Waals surface area contributed by atoms with E-state index in [4.69, 9.17) is 0 Å². The molecule has 0 spiro atoms. The van der Waals surface area contributed by atoms with Gasteiger partial charge < -0.3 is 9.80 Å². The standard InChI is InChI=1S/C15H15F3N6O2/c16-15(17,18)11-3-4-12(21-20-11)22-6-8-23(9-7-22)14(26)10-24-13(25)2-1-5-19-24/h1-5H,6-10H2. The molecule has 1 fully saturated rings. The van der Waals surface area contributed by atoms with Gasteiger partial charge in [0.25, 0.3) is 5.56 Å². The fourth-order valence-electron chi connectivity index (χ4n) is 2.56. The molecule has 2 aromatic heterocycles. The average Bonchev–Trinajstić information content (AvgIpc) is 2.63. The van der Waals surface area contributed by atoms with E-state index < -0.39 is 11.9 Å². The zero-order valence-electron chi connectivity index (χ0n) is 13.6. The Kier molecular flexibility index (Phi) is 4.87. The maximum atomic E-state index is 12.5. The molecular formula is C15H15F3N6O2. The molecule has 0 unspecified atom stereocenters. The number of halogens is 3. The second-order valence-corrected chi connectivity index (χ2v) is 5.66. The summed E-state index contributed by atoms with van der Waals surface area (Å²) >= 11 is 0. The van der Waals surface area contributed by atoms with Gasteiger partial charge in [-0.15, -0.1) is 10.2 Å². The lowest BCUT2D eigenvalue weighted by Gasteiger charge is -2.35. The van der Waals surface area contributed by atoms with E-state index in [9.17, 15) is 22.8 Å². The van der Waals surface area contributed by atoms with E-state index in [1.165, 1.54) is 24.4 Å². The molecule has 2 aromatic rings. The maximum absolute atomic E-state index is 12.5. The van der Waals surface area contributed by atoms with Crippen molar-refractivity contribution in [2.24, 2.45) is 0 Å². The highest BCUT2D eigenvalue weighted by Crippen LogP contribution is 2.27. The molecule has 1 aliphatic rings. The van der Waals surface area contributed by atoms with Crippen LogP contribution in [0.1, 0.15) is 5.69 Å². The van der Waals surface area contributed by atoms with Gasteiger partial charge in [0.05, 0.1) is 0 Å². The first-order chi connectivity index (χ1) is 12.3. The lowest BCUT2D eigenvalue weighted by Crippen LogP contribution is -2.50. The molecule has 0 aromatic carbocycles. The van der Waals surface area contributed by atoms with Gasteiger partial charge in [0.1, 0.15) is 6.54 Å². The molecule has 0 N–H and O–H groups in total. The van der Waals surface area contributed by atoms with E-state index in [-0.39, 0.29) is 18.0 Å². The summed E-state index contributed by atoms with van der Waals surface area (Å²) in [6.07, 6.45) is -3.10. The highest BCUT2D eigenvalue weighted by atomic mass is 19.4. The second kappa shape index (κ2) is 7.10. The Balaban J connectivity index is 1.58. The first kappa shape index (κ1) is 17.8. The van der Waals surface area contributed by atoms with Gasteiger partial charge >= 0.3 is 6.18 Å². The van der Waals surface area contributed by atoms with Gasteiger partial charge in [-0.3, -0.25) is 9.59 Å². The third-order valence-corrected chi connectivity index (χ3v) is 3.97. The molecule has 1 amide bonds. The molecule has 1 aliphatic heterocycles. The minimum absolute atomic E-state index is 0.153. The van der Waals surface area contributed by atoms with Crippen LogP contribution in [-0.2, 0) is 17.5 Å². The van der Waals surface area contributed by atoms with E-state index in [0.29, 0.717) is 32.0 Å². The van der Waals surface area contributed by atoms with Crippen LogP contribution < -0.4 is 10.5 Å². The van der Waals surface area contributed by atoms with Crippen LogP contribution in [0.2, 0.25) is 0 Å². The van der Waals surface area contributed by atoms with Crippen molar-refractivity contribution in [3.8, 4) is 0 Å². The topological polar surface area (TPSA) is 84.2 Å². The van der Waals surface area contributed by atoms with Crippen molar-refractivity contribution in [2.75, 3.05) is 31.1 Å². The van der Waals surface area contributed by atoms with Crippen molar-refractivity contribution < 1.29 is 18.0 Å². The van der Waals surface area contributed by atoms with Gasteiger partial charge in [-0.1, -0.05) is 0 Å². The molecule has 8 nitrogen and oxygen atoms in total. The van der Waals surface area contributed by atoms with Gasteiger partial charge in [-0.05, 0) is 18.2 Å². The number of rotatable bonds is 3. The van der Waals surface area contributed by atoms with E-state index in [1.54, 1.807) is 9.80 Å². The number of piperazine rings is 1. The normalized spacial score (nSPS) is 15.2. The Labute approximate surface area is 145 Å². The summed E-state index contributed by atoms with van der Waals surface area (Å²) in [5, 5.41) is 10.7. The Morgan fingerprint density at radius 1 is 1.08 bits per heavy atom. The Hall–Kier alpha value is -2.98. The number of hydrogen-bond acceptors (Lipinski definition) is 6. The van der Waals surface area contributed by atoms with Crippen molar-refractivity contribution >= 4 is 11.7 Å². The Bertz CT molecular complexity index is 828. The summed E-state index contributed by atoms with van der Waals surface area (Å²) < 4.78 is 38.6. The van der Waals surface area contributed by atoms with Crippen molar-refractivity contribution in [1.82, 2.24) is 24.9 Å². The van der Waals surface area contributed by atoms with Crippen LogP contribution in [0.15, 0.2) is 35.3 Å². The SMILES string of the molecule is O=C(Cn1ncccc1=O)N1CCN(c2ccc(C(F)(F)F)nn2)CC1. The Morgan fingerprint density at radius 3 is 2.38 bits per heavy atom. The largest absolute Gasteiger partial charge is 0.435 e. The smallest absolute Gasteiger partial charge is 0.352 e. The minimum atomic E-state index is -4.53. The number of alkyl halides is 3. The molecule has 1 saturated heterocycles. The van der Waals surface area contributed by atoms with Gasteiger partial charge in [0, 0.05) is 38.4 Å².